The summed E-state index contributed by atoms with van der Waals surface area (Å²) in [5.41, 5.74) is 1.60. The predicted molar refractivity (Wildman–Crippen MR) is 98.2 cm³/mol. The van der Waals surface area contributed by atoms with E-state index in [-0.39, 0.29) is 17.3 Å². The van der Waals surface area contributed by atoms with Crippen LogP contribution in [0.15, 0.2) is 48.7 Å². The number of aromatic nitrogens is 1. The third-order valence-electron chi connectivity index (χ3n) is 5.58. The molecule has 0 aliphatic carbocycles. The van der Waals surface area contributed by atoms with Crippen molar-refractivity contribution in [2.24, 2.45) is 0 Å². The van der Waals surface area contributed by atoms with Gasteiger partial charge in [-0.3, -0.25) is 19.6 Å². The first-order valence-electron chi connectivity index (χ1n) is 8.95. The Morgan fingerprint density at radius 3 is 2.85 bits per heavy atom. The molecule has 1 atom stereocenters. The van der Waals surface area contributed by atoms with E-state index in [4.69, 9.17) is 0 Å². The van der Waals surface area contributed by atoms with Gasteiger partial charge < -0.3 is 4.90 Å². The average Bonchev–Trinajstić information content (AvgIpc) is 3.03. The zero-order valence-electron chi connectivity index (χ0n) is 14.9. The van der Waals surface area contributed by atoms with Gasteiger partial charge >= 0.3 is 0 Å². The SMILES string of the molecule is CN1CC(=O)N(c2cccc(F)c2)C[C@@]12CCN(Cc1ccccn1)C2. The van der Waals surface area contributed by atoms with Crippen LogP contribution >= 0.6 is 0 Å². The van der Waals surface area contributed by atoms with E-state index >= 15 is 0 Å². The molecule has 0 unspecified atom stereocenters. The molecule has 2 fully saturated rings. The normalized spacial score (nSPS) is 24.5. The number of carbonyl (C=O) groups is 1. The lowest BCUT2D eigenvalue weighted by molar-refractivity contribution is -0.123. The van der Waals surface area contributed by atoms with Crippen molar-refractivity contribution in [3.63, 3.8) is 0 Å². The molecule has 0 N–H and O–H groups in total. The first kappa shape index (κ1) is 17.1. The van der Waals surface area contributed by atoms with Gasteiger partial charge in [0.05, 0.1) is 17.8 Å². The van der Waals surface area contributed by atoms with Gasteiger partial charge in [-0.05, 0) is 43.8 Å². The molecule has 2 aliphatic rings. The van der Waals surface area contributed by atoms with Crippen molar-refractivity contribution >= 4 is 11.6 Å². The van der Waals surface area contributed by atoms with Crippen molar-refractivity contribution in [2.75, 3.05) is 38.1 Å². The van der Waals surface area contributed by atoms with E-state index < -0.39 is 0 Å². The first-order valence-corrected chi connectivity index (χ1v) is 8.95. The first-order chi connectivity index (χ1) is 12.6. The zero-order valence-corrected chi connectivity index (χ0v) is 14.9. The molecule has 2 aliphatic heterocycles. The lowest BCUT2D eigenvalue weighted by atomic mass is 9.92. The van der Waals surface area contributed by atoms with Gasteiger partial charge in [0.2, 0.25) is 5.91 Å². The van der Waals surface area contributed by atoms with Gasteiger partial charge in [-0.1, -0.05) is 12.1 Å². The number of likely N-dealkylation sites (tertiary alicyclic amines) is 1. The Labute approximate surface area is 153 Å². The van der Waals surface area contributed by atoms with Gasteiger partial charge in [0.15, 0.2) is 0 Å². The summed E-state index contributed by atoms with van der Waals surface area (Å²) in [5, 5.41) is 0. The number of pyridine rings is 1. The smallest absolute Gasteiger partial charge is 0.241 e. The second kappa shape index (κ2) is 6.78. The van der Waals surface area contributed by atoms with Gasteiger partial charge in [-0.25, -0.2) is 4.39 Å². The topological polar surface area (TPSA) is 39.7 Å². The van der Waals surface area contributed by atoms with Crippen molar-refractivity contribution in [1.29, 1.82) is 0 Å². The van der Waals surface area contributed by atoms with E-state index in [9.17, 15) is 9.18 Å². The predicted octanol–water partition coefficient (Wildman–Crippen LogP) is 2.14. The highest BCUT2D eigenvalue weighted by molar-refractivity contribution is 5.96. The summed E-state index contributed by atoms with van der Waals surface area (Å²) in [4.78, 5) is 23.3. The van der Waals surface area contributed by atoms with Crippen LogP contribution in [0.3, 0.4) is 0 Å². The van der Waals surface area contributed by atoms with Crippen LogP contribution in [0.1, 0.15) is 12.1 Å². The van der Waals surface area contributed by atoms with Crippen molar-refractivity contribution in [1.82, 2.24) is 14.8 Å². The molecule has 136 valence electrons. The number of hydrogen-bond donors (Lipinski definition) is 0. The second-order valence-corrected chi connectivity index (χ2v) is 7.32. The summed E-state index contributed by atoms with van der Waals surface area (Å²) in [7, 11) is 2.02. The summed E-state index contributed by atoms with van der Waals surface area (Å²) in [6, 6.07) is 12.3. The zero-order chi connectivity index (χ0) is 18.1. The molecule has 2 aromatic rings. The van der Waals surface area contributed by atoms with E-state index in [0.29, 0.717) is 18.8 Å². The molecule has 2 saturated heterocycles. The molecule has 0 bridgehead atoms. The Morgan fingerprint density at radius 1 is 1.19 bits per heavy atom. The van der Waals surface area contributed by atoms with Gasteiger partial charge in [0.25, 0.3) is 0 Å². The van der Waals surface area contributed by atoms with Crippen molar-refractivity contribution in [3.05, 3.63) is 60.2 Å². The average molecular weight is 354 g/mol. The molecule has 1 amide bonds. The van der Waals surface area contributed by atoms with Crippen LogP contribution in [0.2, 0.25) is 0 Å². The molecule has 0 radical (unpaired) electrons. The summed E-state index contributed by atoms with van der Waals surface area (Å²) in [5.74, 6) is -0.293. The minimum Gasteiger partial charge on any atom is -0.309 e. The number of carbonyl (C=O) groups excluding carboxylic acids is 1. The monoisotopic (exact) mass is 354 g/mol. The van der Waals surface area contributed by atoms with Crippen LogP contribution in [0.25, 0.3) is 0 Å². The summed E-state index contributed by atoms with van der Waals surface area (Å²) in [6.45, 7) is 3.59. The van der Waals surface area contributed by atoms with E-state index in [2.05, 4.69) is 14.8 Å². The molecule has 3 heterocycles. The highest BCUT2D eigenvalue weighted by Crippen LogP contribution is 2.34. The Kier molecular flexibility index (Phi) is 4.46. The number of benzene rings is 1. The number of likely N-dealkylation sites (N-methyl/N-ethyl adjacent to an activating group) is 1. The van der Waals surface area contributed by atoms with Crippen LogP contribution in [0.4, 0.5) is 10.1 Å². The van der Waals surface area contributed by atoms with Gasteiger partial charge in [-0.15, -0.1) is 0 Å². The molecule has 26 heavy (non-hydrogen) atoms. The maximum absolute atomic E-state index is 13.6. The third-order valence-corrected chi connectivity index (χ3v) is 5.58. The number of piperazine rings is 1. The Bertz CT molecular complexity index is 799. The fourth-order valence-electron chi connectivity index (χ4n) is 4.08. The van der Waals surface area contributed by atoms with Crippen LogP contribution < -0.4 is 4.90 Å². The molecule has 6 heteroatoms. The molecule has 1 aromatic carbocycles. The maximum atomic E-state index is 13.6. The molecule has 4 rings (SSSR count). The molecule has 1 aromatic heterocycles. The molecule has 0 saturated carbocycles. The second-order valence-electron chi connectivity index (χ2n) is 7.32. The number of anilines is 1. The minimum absolute atomic E-state index is 0.0203. The van der Waals surface area contributed by atoms with Crippen molar-refractivity contribution in [3.8, 4) is 0 Å². The quantitative estimate of drug-likeness (QED) is 0.847. The van der Waals surface area contributed by atoms with Crippen molar-refractivity contribution in [2.45, 2.75) is 18.5 Å². The van der Waals surface area contributed by atoms with E-state index in [1.807, 2.05) is 31.4 Å². The van der Waals surface area contributed by atoms with E-state index in [1.54, 1.807) is 17.0 Å². The van der Waals surface area contributed by atoms with Crippen LogP contribution in [0.5, 0.6) is 0 Å². The van der Waals surface area contributed by atoms with Crippen LogP contribution in [-0.2, 0) is 11.3 Å². The molecule has 1 spiro atoms. The fraction of sp³-hybridized carbons (Fsp3) is 0.400. The lowest BCUT2D eigenvalue weighted by Crippen LogP contribution is -2.64. The maximum Gasteiger partial charge on any atom is 0.241 e. The van der Waals surface area contributed by atoms with Gasteiger partial charge in [0, 0.05) is 38.1 Å². The highest BCUT2D eigenvalue weighted by atomic mass is 19.1. The van der Waals surface area contributed by atoms with Crippen LogP contribution in [0, 0.1) is 5.82 Å². The number of rotatable bonds is 3. The Balaban J connectivity index is 1.53. The standard InChI is InChI=1S/C20H23FN4O/c1-23-13-19(26)25(18-7-4-5-16(21)11-18)15-20(23)8-10-24(14-20)12-17-6-2-3-9-22-17/h2-7,9,11H,8,10,12-15H2,1H3/t20-/m0/s1. The number of halogens is 1. The molecular formula is C20H23FN4O. The van der Waals surface area contributed by atoms with E-state index in [1.165, 1.54) is 12.1 Å². The number of amides is 1. The minimum atomic E-state index is -0.313. The highest BCUT2D eigenvalue weighted by Gasteiger charge is 2.47. The summed E-state index contributed by atoms with van der Waals surface area (Å²) < 4.78 is 13.6. The fourth-order valence-corrected chi connectivity index (χ4v) is 4.08. The summed E-state index contributed by atoms with van der Waals surface area (Å²) in [6.07, 6.45) is 2.80. The van der Waals surface area contributed by atoms with Gasteiger partial charge in [-0.2, -0.15) is 0 Å². The molecular weight excluding hydrogens is 331 g/mol. The van der Waals surface area contributed by atoms with Crippen LogP contribution in [-0.4, -0.2) is 59.5 Å². The van der Waals surface area contributed by atoms with E-state index in [0.717, 1.165) is 31.7 Å². The number of nitrogens with zero attached hydrogens (tertiary/aromatic N) is 4. The van der Waals surface area contributed by atoms with Crippen molar-refractivity contribution < 1.29 is 9.18 Å². The van der Waals surface area contributed by atoms with Gasteiger partial charge in [0.1, 0.15) is 5.82 Å². The summed E-state index contributed by atoms with van der Waals surface area (Å²) >= 11 is 0. The largest absolute Gasteiger partial charge is 0.309 e. The Hall–Kier alpha value is -2.31. The Morgan fingerprint density at radius 2 is 2.08 bits per heavy atom. The lowest BCUT2D eigenvalue weighted by Gasteiger charge is -2.47. The molecule has 5 nitrogen and oxygen atoms in total. The number of hydrogen-bond acceptors (Lipinski definition) is 4. The third kappa shape index (κ3) is 3.22.